The first-order valence-electron chi connectivity index (χ1n) is 8.21. The molecule has 3 aromatic rings. The fourth-order valence-electron chi connectivity index (χ4n) is 2.96. The van der Waals surface area contributed by atoms with Gasteiger partial charge in [-0.25, -0.2) is 4.68 Å². The van der Waals surface area contributed by atoms with Crippen LogP contribution in [0.4, 0.5) is 14.7 Å². The highest BCUT2D eigenvalue weighted by molar-refractivity contribution is 5.77. The maximum absolute atomic E-state index is 12.4. The van der Waals surface area contributed by atoms with Gasteiger partial charge in [-0.3, -0.25) is 0 Å². The van der Waals surface area contributed by atoms with E-state index in [2.05, 4.69) is 20.1 Å². The number of nitrogens with zero attached hydrogens (tertiary/aromatic N) is 3. The van der Waals surface area contributed by atoms with Gasteiger partial charge in [-0.1, -0.05) is 12.1 Å². The number of nitrogens with one attached hydrogen (secondary N) is 1. The molecule has 2 aromatic carbocycles. The second-order valence-corrected chi connectivity index (χ2v) is 5.85. The largest absolute Gasteiger partial charge is 0.497 e. The van der Waals surface area contributed by atoms with Crippen LogP contribution in [0, 0.1) is 0 Å². The second-order valence-electron chi connectivity index (χ2n) is 5.85. The van der Waals surface area contributed by atoms with Crippen molar-refractivity contribution in [2.24, 2.45) is 0 Å². The Hall–Kier alpha value is -3.42. The van der Waals surface area contributed by atoms with Crippen molar-refractivity contribution in [2.75, 3.05) is 12.4 Å². The summed E-state index contributed by atoms with van der Waals surface area (Å²) in [6.07, 6.45) is 3.47. The summed E-state index contributed by atoms with van der Waals surface area (Å²) in [6, 6.07) is 13.9. The Labute approximate surface area is 154 Å². The van der Waals surface area contributed by atoms with Gasteiger partial charge in [0.1, 0.15) is 23.9 Å². The Balaban J connectivity index is 1.68. The van der Waals surface area contributed by atoms with Crippen LogP contribution < -0.4 is 14.8 Å². The van der Waals surface area contributed by atoms with Gasteiger partial charge in [0, 0.05) is 5.70 Å². The van der Waals surface area contributed by atoms with E-state index in [4.69, 9.17) is 4.74 Å². The van der Waals surface area contributed by atoms with Crippen LogP contribution in [0.5, 0.6) is 11.5 Å². The molecule has 0 spiro atoms. The number of ether oxygens (including phenoxy) is 2. The Kier molecular flexibility index (Phi) is 4.45. The van der Waals surface area contributed by atoms with Gasteiger partial charge in [-0.15, -0.1) is 0 Å². The van der Waals surface area contributed by atoms with Gasteiger partial charge in [-0.05, 0) is 53.6 Å². The maximum Gasteiger partial charge on any atom is 0.387 e. The number of methoxy groups -OCH3 is 1. The lowest BCUT2D eigenvalue weighted by Gasteiger charge is -2.24. The van der Waals surface area contributed by atoms with Gasteiger partial charge in [0.15, 0.2) is 0 Å². The smallest absolute Gasteiger partial charge is 0.387 e. The number of hydrogen-bond donors (Lipinski definition) is 1. The molecular weight excluding hydrogens is 354 g/mol. The molecule has 27 heavy (non-hydrogen) atoms. The number of halogens is 2. The first-order valence-corrected chi connectivity index (χ1v) is 8.21. The number of alkyl halides is 2. The Morgan fingerprint density at radius 3 is 2.41 bits per heavy atom. The minimum atomic E-state index is -2.85. The van der Waals surface area contributed by atoms with Crippen LogP contribution in [0.15, 0.2) is 60.9 Å². The Morgan fingerprint density at radius 1 is 1.04 bits per heavy atom. The van der Waals surface area contributed by atoms with Gasteiger partial charge >= 0.3 is 6.61 Å². The molecule has 6 nitrogen and oxygen atoms in total. The Bertz CT molecular complexity index is 953. The van der Waals surface area contributed by atoms with Gasteiger partial charge < -0.3 is 14.8 Å². The number of anilines is 1. The van der Waals surface area contributed by atoms with Crippen molar-refractivity contribution in [3.63, 3.8) is 0 Å². The van der Waals surface area contributed by atoms with Crippen LogP contribution in [-0.2, 0) is 0 Å². The lowest BCUT2D eigenvalue weighted by Crippen LogP contribution is -2.20. The minimum absolute atomic E-state index is 0.112. The highest BCUT2D eigenvalue weighted by Crippen LogP contribution is 2.33. The molecule has 0 unspecified atom stereocenters. The van der Waals surface area contributed by atoms with E-state index in [1.165, 1.54) is 18.5 Å². The normalized spacial score (nSPS) is 15.7. The molecule has 0 amide bonds. The van der Waals surface area contributed by atoms with E-state index in [1.807, 2.05) is 30.3 Å². The number of rotatable bonds is 5. The van der Waals surface area contributed by atoms with Crippen LogP contribution in [-0.4, -0.2) is 28.5 Å². The molecule has 0 aliphatic carbocycles. The standard InChI is InChI=1S/C19H16F2N4O2/c1-26-14-6-2-12(3-7-14)16-10-17(25-19(24-16)22-11-23-25)13-4-8-15(9-5-13)27-18(20)21/h2-11,17-18H,1H3,(H,22,23,24)/t17-/m1/s1. The summed E-state index contributed by atoms with van der Waals surface area (Å²) in [6.45, 7) is -2.85. The van der Waals surface area contributed by atoms with E-state index >= 15 is 0 Å². The molecule has 1 aliphatic rings. The fraction of sp³-hybridized carbons (Fsp3) is 0.158. The lowest BCUT2D eigenvalue weighted by molar-refractivity contribution is -0.0498. The molecule has 0 bridgehead atoms. The average Bonchev–Trinajstić information content (AvgIpc) is 3.16. The zero-order valence-corrected chi connectivity index (χ0v) is 14.3. The SMILES string of the molecule is COc1ccc(C2=C[C@H](c3ccc(OC(F)F)cc3)n3ncnc3N2)cc1. The zero-order chi connectivity index (χ0) is 18.8. The highest BCUT2D eigenvalue weighted by atomic mass is 19.3. The van der Waals surface area contributed by atoms with Crippen molar-refractivity contribution >= 4 is 11.6 Å². The molecular formula is C19H16F2N4O2. The first-order chi connectivity index (χ1) is 13.1. The molecule has 1 N–H and O–H groups in total. The van der Waals surface area contributed by atoms with Crippen molar-refractivity contribution in [1.82, 2.24) is 14.8 Å². The third kappa shape index (κ3) is 3.46. The number of fused-ring (bicyclic) bond motifs is 1. The van der Waals surface area contributed by atoms with Crippen molar-refractivity contribution in [1.29, 1.82) is 0 Å². The molecule has 0 fully saturated rings. The summed E-state index contributed by atoms with van der Waals surface area (Å²) >= 11 is 0. The van der Waals surface area contributed by atoms with Crippen molar-refractivity contribution in [3.05, 3.63) is 72.1 Å². The van der Waals surface area contributed by atoms with Crippen LogP contribution in [0.2, 0.25) is 0 Å². The highest BCUT2D eigenvalue weighted by Gasteiger charge is 2.23. The third-order valence-corrected chi connectivity index (χ3v) is 4.26. The molecule has 138 valence electrons. The van der Waals surface area contributed by atoms with Gasteiger partial charge in [-0.2, -0.15) is 18.9 Å². The van der Waals surface area contributed by atoms with Crippen molar-refractivity contribution < 1.29 is 18.3 Å². The van der Waals surface area contributed by atoms with E-state index in [9.17, 15) is 8.78 Å². The maximum atomic E-state index is 12.4. The van der Waals surface area contributed by atoms with E-state index < -0.39 is 6.61 Å². The number of aromatic nitrogens is 3. The molecule has 1 aromatic heterocycles. The van der Waals surface area contributed by atoms with E-state index in [0.717, 1.165) is 22.6 Å². The quantitative estimate of drug-likeness (QED) is 0.737. The van der Waals surface area contributed by atoms with Gasteiger partial charge in [0.05, 0.1) is 7.11 Å². The summed E-state index contributed by atoms with van der Waals surface area (Å²) in [5, 5.41) is 7.52. The van der Waals surface area contributed by atoms with Gasteiger partial charge in [0.25, 0.3) is 0 Å². The molecule has 0 radical (unpaired) electrons. The zero-order valence-electron chi connectivity index (χ0n) is 14.3. The molecule has 4 rings (SSSR count). The predicted molar refractivity (Wildman–Crippen MR) is 95.8 cm³/mol. The predicted octanol–water partition coefficient (Wildman–Crippen LogP) is 3.94. The number of allylic oxidation sites excluding steroid dienone is 1. The number of benzene rings is 2. The van der Waals surface area contributed by atoms with Crippen LogP contribution >= 0.6 is 0 Å². The first kappa shape index (κ1) is 17.0. The number of hydrogen-bond acceptors (Lipinski definition) is 5. The second kappa shape index (κ2) is 7.06. The summed E-state index contributed by atoms with van der Waals surface area (Å²) in [5.41, 5.74) is 2.71. The molecule has 8 heteroatoms. The van der Waals surface area contributed by atoms with Crippen molar-refractivity contribution in [2.45, 2.75) is 12.7 Å². The summed E-state index contributed by atoms with van der Waals surface area (Å²) in [7, 11) is 1.62. The summed E-state index contributed by atoms with van der Waals surface area (Å²) < 4.78 is 36.1. The monoisotopic (exact) mass is 370 g/mol. The van der Waals surface area contributed by atoms with Crippen molar-refractivity contribution in [3.8, 4) is 11.5 Å². The van der Waals surface area contributed by atoms with Crippen LogP contribution in [0.3, 0.4) is 0 Å². The van der Waals surface area contributed by atoms with Crippen LogP contribution in [0.1, 0.15) is 17.2 Å². The summed E-state index contributed by atoms with van der Waals surface area (Å²) in [4.78, 5) is 4.25. The topological polar surface area (TPSA) is 61.2 Å². The molecule has 0 saturated heterocycles. The third-order valence-electron chi connectivity index (χ3n) is 4.26. The molecule has 1 atom stereocenters. The molecule has 1 aliphatic heterocycles. The summed E-state index contributed by atoms with van der Waals surface area (Å²) in [5.74, 6) is 1.48. The fourth-order valence-corrected chi connectivity index (χ4v) is 2.96. The lowest BCUT2D eigenvalue weighted by atomic mass is 10.0. The molecule has 0 saturated carbocycles. The Morgan fingerprint density at radius 2 is 1.74 bits per heavy atom. The van der Waals surface area contributed by atoms with E-state index in [1.54, 1.807) is 23.9 Å². The minimum Gasteiger partial charge on any atom is -0.497 e. The molecule has 2 heterocycles. The average molecular weight is 370 g/mol. The van der Waals surface area contributed by atoms with E-state index in [0.29, 0.717) is 5.95 Å². The van der Waals surface area contributed by atoms with Crippen LogP contribution in [0.25, 0.3) is 5.70 Å². The van der Waals surface area contributed by atoms with Gasteiger partial charge in [0.2, 0.25) is 5.95 Å². The van der Waals surface area contributed by atoms with E-state index in [-0.39, 0.29) is 11.8 Å².